The van der Waals surface area contributed by atoms with Crippen LogP contribution in [0.5, 0.6) is 0 Å². The number of nitrogens with zero attached hydrogens (tertiary/aromatic N) is 5. The molecule has 0 aliphatic rings. The van der Waals surface area contributed by atoms with Crippen molar-refractivity contribution in [2.75, 3.05) is 0 Å². The number of rotatable bonds is 2. The SMILES string of the molecule is Cc1ccc(-c2nnn([C@@H](C)C#N)n2)cc1. The van der Waals surface area contributed by atoms with Crippen LogP contribution in [0.1, 0.15) is 18.5 Å². The van der Waals surface area contributed by atoms with E-state index >= 15 is 0 Å². The molecule has 0 saturated carbocycles. The highest BCUT2D eigenvalue weighted by atomic mass is 15.6. The van der Waals surface area contributed by atoms with E-state index in [0.29, 0.717) is 5.82 Å². The Kier molecular flexibility index (Phi) is 2.64. The summed E-state index contributed by atoms with van der Waals surface area (Å²) in [5.74, 6) is 0.544. The zero-order valence-corrected chi connectivity index (χ0v) is 9.12. The van der Waals surface area contributed by atoms with E-state index in [-0.39, 0.29) is 0 Å². The Bertz CT molecular complexity index is 520. The van der Waals surface area contributed by atoms with Crippen molar-refractivity contribution >= 4 is 0 Å². The third-order valence-electron chi connectivity index (χ3n) is 2.27. The van der Waals surface area contributed by atoms with Gasteiger partial charge in [0.1, 0.15) is 0 Å². The quantitative estimate of drug-likeness (QED) is 0.761. The highest BCUT2D eigenvalue weighted by molar-refractivity contribution is 5.54. The van der Waals surface area contributed by atoms with Crippen molar-refractivity contribution in [3.8, 4) is 17.5 Å². The van der Waals surface area contributed by atoms with Crippen LogP contribution in [0.15, 0.2) is 24.3 Å². The predicted molar refractivity (Wildman–Crippen MR) is 58.3 cm³/mol. The van der Waals surface area contributed by atoms with Crippen LogP contribution < -0.4 is 0 Å². The molecule has 1 heterocycles. The fourth-order valence-corrected chi connectivity index (χ4v) is 1.26. The molecular formula is C11H11N5. The molecule has 5 heteroatoms. The van der Waals surface area contributed by atoms with E-state index in [1.54, 1.807) is 6.92 Å². The maximum atomic E-state index is 8.73. The third kappa shape index (κ3) is 1.91. The topological polar surface area (TPSA) is 67.4 Å². The molecule has 5 nitrogen and oxygen atoms in total. The van der Waals surface area contributed by atoms with Crippen molar-refractivity contribution in [3.63, 3.8) is 0 Å². The van der Waals surface area contributed by atoms with E-state index in [0.717, 1.165) is 5.56 Å². The lowest BCUT2D eigenvalue weighted by Crippen LogP contribution is -2.06. The first-order chi connectivity index (χ1) is 7.70. The molecule has 0 aliphatic heterocycles. The molecule has 0 unspecified atom stereocenters. The summed E-state index contributed by atoms with van der Waals surface area (Å²) in [4.78, 5) is 1.31. The Morgan fingerprint density at radius 1 is 1.31 bits per heavy atom. The van der Waals surface area contributed by atoms with Crippen LogP contribution in [0.2, 0.25) is 0 Å². The van der Waals surface area contributed by atoms with Gasteiger partial charge in [-0.05, 0) is 19.1 Å². The van der Waals surface area contributed by atoms with Gasteiger partial charge in [-0.15, -0.1) is 15.0 Å². The first-order valence-corrected chi connectivity index (χ1v) is 4.97. The van der Waals surface area contributed by atoms with Crippen molar-refractivity contribution in [2.24, 2.45) is 0 Å². The van der Waals surface area contributed by atoms with Crippen LogP contribution in [0, 0.1) is 18.3 Å². The first-order valence-electron chi connectivity index (χ1n) is 4.97. The van der Waals surface area contributed by atoms with Gasteiger partial charge in [-0.1, -0.05) is 29.8 Å². The van der Waals surface area contributed by atoms with Crippen LogP contribution in [-0.2, 0) is 0 Å². The molecule has 0 radical (unpaired) electrons. The van der Waals surface area contributed by atoms with Crippen LogP contribution in [0.3, 0.4) is 0 Å². The van der Waals surface area contributed by atoms with Crippen molar-refractivity contribution in [3.05, 3.63) is 29.8 Å². The molecule has 2 rings (SSSR count). The van der Waals surface area contributed by atoms with Crippen molar-refractivity contribution < 1.29 is 0 Å². The minimum absolute atomic E-state index is 0.397. The van der Waals surface area contributed by atoms with Gasteiger partial charge in [0.2, 0.25) is 5.82 Å². The van der Waals surface area contributed by atoms with E-state index in [4.69, 9.17) is 5.26 Å². The molecule has 1 atom stereocenters. The highest BCUT2D eigenvalue weighted by Crippen LogP contribution is 2.14. The van der Waals surface area contributed by atoms with Crippen molar-refractivity contribution in [1.82, 2.24) is 20.2 Å². The summed E-state index contributed by atoms with van der Waals surface area (Å²) in [5, 5.41) is 20.6. The largest absolute Gasteiger partial charge is 0.204 e. The van der Waals surface area contributed by atoms with Crippen LogP contribution in [-0.4, -0.2) is 20.2 Å². The van der Waals surface area contributed by atoms with E-state index in [9.17, 15) is 0 Å². The van der Waals surface area contributed by atoms with Crippen molar-refractivity contribution in [2.45, 2.75) is 19.9 Å². The van der Waals surface area contributed by atoms with Gasteiger partial charge in [0.25, 0.3) is 0 Å². The normalized spacial score (nSPS) is 12.1. The molecule has 1 aromatic heterocycles. The molecule has 0 fully saturated rings. The number of nitriles is 1. The van der Waals surface area contributed by atoms with Gasteiger partial charge in [-0.2, -0.15) is 5.26 Å². The summed E-state index contributed by atoms with van der Waals surface area (Å²) >= 11 is 0. The fraction of sp³-hybridized carbons (Fsp3) is 0.273. The smallest absolute Gasteiger partial charge is 0.196 e. The Morgan fingerprint density at radius 3 is 2.62 bits per heavy atom. The maximum Gasteiger partial charge on any atom is 0.204 e. The van der Waals surface area contributed by atoms with Crippen LogP contribution in [0.4, 0.5) is 0 Å². The third-order valence-corrected chi connectivity index (χ3v) is 2.27. The molecule has 0 amide bonds. The molecule has 16 heavy (non-hydrogen) atoms. The van der Waals surface area contributed by atoms with Crippen LogP contribution in [0.25, 0.3) is 11.4 Å². The molecule has 0 bridgehead atoms. The second kappa shape index (κ2) is 4.11. The molecule has 80 valence electrons. The summed E-state index contributed by atoms with van der Waals surface area (Å²) in [6, 6.07) is 9.51. The van der Waals surface area contributed by atoms with Gasteiger partial charge in [0.05, 0.1) is 6.07 Å². The monoisotopic (exact) mass is 213 g/mol. The average molecular weight is 213 g/mol. The second-order valence-corrected chi connectivity index (χ2v) is 3.60. The van der Waals surface area contributed by atoms with Crippen LogP contribution >= 0.6 is 0 Å². The van der Waals surface area contributed by atoms with E-state index in [2.05, 4.69) is 21.5 Å². The zero-order chi connectivity index (χ0) is 11.5. The number of hydrogen-bond donors (Lipinski definition) is 0. The molecule has 2 aromatic rings. The molecular weight excluding hydrogens is 202 g/mol. The summed E-state index contributed by atoms with van der Waals surface area (Å²) in [6.45, 7) is 3.74. The lowest BCUT2D eigenvalue weighted by molar-refractivity contribution is 0.501. The van der Waals surface area contributed by atoms with E-state index in [1.165, 1.54) is 10.4 Å². The Morgan fingerprint density at radius 2 is 2.00 bits per heavy atom. The fourth-order valence-electron chi connectivity index (χ4n) is 1.26. The Balaban J connectivity index is 2.32. The lowest BCUT2D eigenvalue weighted by Gasteiger charge is -1.97. The number of tetrazole rings is 1. The van der Waals surface area contributed by atoms with Gasteiger partial charge in [0.15, 0.2) is 6.04 Å². The average Bonchev–Trinajstić information content (AvgIpc) is 2.78. The van der Waals surface area contributed by atoms with Gasteiger partial charge >= 0.3 is 0 Å². The molecule has 0 aliphatic carbocycles. The standard InChI is InChI=1S/C11H11N5/c1-8-3-5-10(6-4-8)11-13-15-16(14-11)9(2)7-12/h3-6,9H,1-2H3/t9-/m0/s1. The van der Waals surface area contributed by atoms with Gasteiger partial charge in [0, 0.05) is 5.56 Å². The molecule has 0 spiro atoms. The molecule has 1 aromatic carbocycles. The number of aromatic nitrogens is 4. The van der Waals surface area contributed by atoms with Crippen molar-refractivity contribution in [1.29, 1.82) is 5.26 Å². The van der Waals surface area contributed by atoms with Gasteiger partial charge < -0.3 is 0 Å². The second-order valence-electron chi connectivity index (χ2n) is 3.60. The summed E-state index contributed by atoms with van der Waals surface area (Å²) < 4.78 is 0. The molecule has 0 saturated heterocycles. The zero-order valence-electron chi connectivity index (χ0n) is 9.12. The Labute approximate surface area is 93.3 Å². The number of benzene rings is 1. The predicted octanol–water partition coefficient (Wildman–Crippen LogP) is 1.73. The Hall–Kier alpha value is -2.22. The highest BCUT2D eigenvalue weighted by Gasteiger charge is 2.09. The van der Waals surface area contributed by atoms with Gasteiger partial charge in [-0.3, -0.25) is 0 Å². The maximum absolute atomic E-state index is 8.73. The number of aryl methyl sites for hydroxylation is 1. The lowest BCUT2D eigenvalue weighted by atomic mass is 10.1. The summed E-state index contributed by atoms with van der Waals surface area (Å²) in [6.07, 6.45) is 0. The summed E-state index contributed by atoms with van der Waals surface area (Å²) in [7, 11) is 0. The van der Waals surface area contributed by atoms with Gasteiger partial charge in [-0.25, -0.2) is 0 Å². The minimum Gasteiger partial charge on any atom is -0.196 e. The number of hydrogen-bond acceptors (Lipinski definition) is 4. The minimum atomic E-state index is -0.397. The van der Waals surface area contributed by atoms with E-state index < -0.39 is 6.04 Å². The molecule has 0 N–H and O–H groups in total. The van der Waals surface area contributed by atoms with E-state index in [1.807, 2.05) is 31.2 Å². The summed E-state index contributed by atoms with van der Waals surface area (Å²) in [5.41, 5.74) is 2.09. The first kappa shape index (κ1) is 10.3.